The van der Waals surface area contributed by atoms with Gasteiger partial charge in [0.15, 0.2) is 0 Å². The zero-order chi connectivity index (χ0) is 14.7. The Hall–Kier alpha value is -0.640. The normalized spacial score (nSPS) is 25.1. The van der Waals surface area contributed by atoms with Gasteiger partial charge in [0.2, 0.25) is 0 Å². The Balaban J connectivity index is 1.60. The van der Waals surface area contributed by atoms with Gasteiger partial charge in [-0.1, -0.05) is 36.9 Å². The van der Waals surface area contributed by atoms with Gasteiger partial charge < -0.3 is 5.32 Å². The van der Waals surface area contributed by atoms with Crippen LogP contribution < -0.4 is 5.32 Å². The van der Waals surface area contributed by atoms with E-state index >= 15 is 0 Å². The molecular weight excluding hydrogens is 287 g/mol. The van der Waals surface area contributed by atoms with Crippen molar-refractivity contribution in [3.05, 3.63) is 34.6 Å². The van der Waals surface area contributed by atoms with Gasteiger partial charge in [0.1, 0.15) is 5.82 Å². The standard InChI is InChI=1S/C17H24ClFN2/c18-16-10-15(19)7-6-14(16)11-21-9-8-20-17(12-21)13-4-2-1-3-5-13/h6-7,10,13,17,20H,1-5,8-9,11-12H2. The minimum Gasteiger partial charge on any atom is -0.311 e. The summed E-state index contributed by atoms with van der Waals surface area (Å²) in [6.07, 6.45) is 6.89. The fourth-order valence-electron chi connectivity index (χ4n) is 3.73. The molecule has 0 bridgehead atoms. The Labute approximate surface area is 131 Å². The fraction of sp³-hybridized carbons (Fsp3) is 0.647. The summed E-state index contributed by atoms with van der Waals surface area (Å²) in [5.74, 6) is 0.564. The highest BCUT2D eigenvalue weighted by Crippen LogP contribution is 2.28. The zero-order valence-electron chi connectivity index (χ0n) is 12.5. The van der Waals surface area contributed by atoms with Gasteiger partial charge in [-0.3, -0.25) is 4.90 Å². The lowest BCUT2D eigenvalue weighted by Gasteiger charge is -2.39. The Kier molecular flexibility index (Phi) is 5.15. The number of benzene rings is 1. The summed E-state index contributed by atoms with van der Waals surface area (Å²) in [5, 5.41) is 4.24. The third-order valence-corrected chi connectivity index (χ3v) is 5.27. The van der Waals surface area contributed by atoms with Gasteiger partial charge in [-0.25, -0.2) is 4.39 Å². The molecule has 2 nitrogen and oxygen atoms in total. The maximum atomic E-state index is 13.1. The summed E-state index contributed by atoms with van der Waals surface area (Å²) in [7, 11) is 0. The smallest absolute Gasteiger partial charge is 0.124 e. The second kappa shape index (κ2) is 7.08. The number of hydrogen-bond donors (Lipinski definition) is 1. The molecule has 21 heavy (non-hydrogen) atoms. The first kappa shape index (κ1) is 15.3. The molecule has 1 aromatic carbocycles. The van der Waals surface area contributed by atoms with Crippen LogP contribution in [0.1, 0.15) is 37.7 Å². The molecule has 1 saturated carbocycles. The van der Waals surface area contributed by atoms with E-state index in [1.165, 1.54) is 44.2 Å². The van der Waals surface area contributed by atoms with Crippen molar-refractivity contribution in [2.75, 3.05) is 19.6 Å². The summed E-state index contributed by atoms with van der Waals surface area (Å²) in [5.41, 5.74) is 1.03. The van der Waals surface area contributed by atoms with E-state index < -0.39 is 0 Å². The van der Waals surface area contributed by atoms with Crippen LogP contribution >= 0.6 is 11.6 Å². The van der Waals surface area contributed by atoms with Crippen molar-refractivity contribution in [1.29, 1.82) is 0 Å². The van der Waals surface area contributed by atoms with Gasteiger partial charge in [0, 0.05) is 37.2 Å². The summed E-state index contributed by atoms with van der Waals surface area (Å²) >= 11 is 6.15. The molecular formula is C17H24ClFN2. The highest BCUT2D eigenvalue weighted by molar-refractivity contribution is 6.31. The second-order valence-corrected chi connectivity index (χ2v) is 6.84. The molecule has 0 aromatic heterocycles. The van der Waals surface area contributed by atoms with E-state index in [-0.39, 0.29) is 5.82 Å². The van der Waals surface area contributed by atoms with Crippen LogP contribution in [-0.4, -0.2) is 30.6 Å². The van der Waals surface area contributed by atoms with Crippen LogP contribution in [0, 0.1) is 11.7 Å². The molecule has 0 spiro atoms. The molecule has 4 heteroatoms. The number of nitrogens with zero attached hydrogens (tertiary/aromatic N) is 1. The highest BCUT2D eigenvalue weighted by Gasteiger charge is 2.28. The van der Waals surface area contributed by atoms with E-state index in [0.29, 0.717) is 11.1 Å². The Morgan fingerprint density at radius 1 is 1.24 bits per heavy atom. The van der Waals surface area contributed by atoms with Crippen molar-refractivity contribution in [2.24, 2.45) is 5.92 Å². The minimum absolute atomic E-state index is 0.260. The predicted molar refractivity (Wildman–Crippen MR) is 85.1 cm³/mol. The third-order valence-electron chi connectivity index (χ3n) is 4.92. The molecule has 1 N–H and O–H groups in total. The van der Waals surface area contributed by atoms with Crippen LogP contribution in [0.25, 0.3) is 0 Å². The summed E-state index contributed by atoms with van der Waals surface area (Å²) in [4.78, 5) is 2.45. The van der Waals surface area contributed by atoms with E-state index in [9.17, 15) is 4.39 Å². The van der Waals surface area contributed by atoms with Crippen molar-refractivity contribution in [3.63, 3.8) is 0 Å². The molecule has 2 aliphatic rings. The molecule has 1 atom stereocenters. The molecule has 1 unspecified atom stereocenters. The zero-order valence-corrected chi connectivity index (χ0v) is 13.2. The molecule has 1 aliphatic heterocycles. The van der Waals surface area contributed by atoms with Crippen molar-refractivity contribution in [1.82, 2.24) is 10.2 Å². The number of nitrogens with one attached hydrogen (secondary N) is 1. The highest BCUT2D eigenvalue weighted by atomic mass is 35.5. The Morgan fingerprint density at radius 2 is 2.05 bits per heavy atom. The van der Waals surface area contributed by atoms with Crippen LogP contribution in [-0.2, 0) is 6.54 Å². The Bertz CT molecular complexity index is 474. The molecule has 2 fully saturated rings. The van der Waals surface area contributed by atoms with E-state index in [1.807, 2.05) is 6.07 Å². The molecule has 0 amide bonds. The first-order chi connectivity index (χ1) is 10.2. The van der Waals surface area contributed by atoms with Crippen LogP contribution in [0.5, 0.6) is 0 Å². The van der Waals surface area contributed by atoms with Crippen molar-refractivity contribution < 1.29 is 4.39 Å². The number of rotatable bonds is 3. The van der Waals surface area contributed by atoms with Crippen molar-refractivity contribution in [3.8, 4) is 0 Å². The summed E-state index contributed by atoms with van der Waals surface area (Å²) in [6.45, 7) is 3.99. The fourth-order valence-corrected chi connectivity index (χ4v) is 3.96. The van der Waals surface area contributed by atoms with E-state index in [1.54, 1.807) is 0 Å². The molecule has 3 rings (SSSR count). The van der Waals surface area contributed by atoms with Crippen LogP contribution in [0.15, 0.2) is 18.2 Å². The third kappa shape index (κ3) is 3.97. The van der Waals surface area contributed by atoms with Gasteiger partial charge in [-0.05, 0) is 36.5 Å². The first-order valence-electron chi connectivity index (χ1n) is 8.12. The SMILES string of the molecule is Fc1ccc(CN2CCNC(C3CCCCC3)C2)c(Cl)c1. The van der Waals surface area contributed by atoms with Gasteiger partial charge >= 0.3 is 0 Å². The molecule has 116 valence electrons. The lowest BCUT2D eigenvalue weighted by molar-refractivity contribution is 0.141. The van der Waals surface area contributed by atoms with Gasteiger partial charge in [0.25, 0.3) is 0 Å². The molecule has 1 saturated heterocycles. The monoisotopic (exact) mass is 310 g/mol. The quantitative estimate of drug-likeness (QED) is 0.912. The van der Waals surface area contributed by atoms with E-state index in [0.717, 1.165) is 37.7 Å². The lowest BCUT2D eigenvalue weighted by Crippen LogP contribution is -2.53. The van der Waals surface area contributed by atoms with Gasteiger partial charge in [0.05, 0.1) is 0 Å². The van der Waals surface area contributed by atoms with Gasteiger partial charge in [-0.2, -0.15) is 0 Å². The largest absolute Gasteiger partial charge is 0.311 e. The maximum absolute atomic E-state index is 13.1. The Morgan fingerprint density at radius 3 is 2.81 bits per heavy atom. The average Bonchev–Trinajstić information content (AvgIpc) is 2.51. The molecule has 1 aliphatic carbocycles. The number of halogens is 2. The topological polar surface area (TPSA) is 15.3 Å². The van der Waals surface area contributed by atoms with Crippen molar-refractivity contribution >= 4 is 11.6 Å². The van der Waals surface area contributed by atoms with E-state index in [2.05, 4.69) is 10.2 Å². The van der Waals surface area contributed by atoms with E-state index in [4.69, 9.17) is 11.6 Å². The maximum Gasteiger partial charge on any atom is 0.124 e. The summed E-state index contributed by atoms with van der Waals surface area (Å²) in [6, 6.07) is 5.34. The van der Waals surface area contributed by atoms with Crippen LogP contribution in [0.3, 0.4) is 0 Å². The van der Waals surface area contributed by atoms with Gasteiger partial charge in [-0.15, -0.1) is 0 Å². The molecule has 1 aromatic rings. The number of piperazine rings is 1. The second-order valence-electron chi connectivity index (χ2n) is 6.43. The van der Waals surface area contributed by atoms with Crippen LogP contribution in [0.4, 0.5) is 4.39 Å². The average molecular weight is 311 g/mol. The predicted octanol–water partition coefficient (Wildman–Crippen LogP) is 3.83. The van der Waals surface area contributed by atoms with Crippen molar-refractivity contribution in [2.45, 2.75) is 44.7 Å². The molecule has 1 heterocycles. The summed E-state index contributed by atoms with van der Waals surface area (Å²) < 4.78 is 13.1. The minimum atomic E-state index is -0.260. The van der Waals surface area contributed by atoms with Crippen LogP contribution in [0.2, 0.25) is 5.02 Å². The number of hydrogen-bond acceptors (Lipinski definition) is 2. The molecule has 0 radical (unpaired) electrons. The first-order valence-corrected chi connectivity index (χ1v) is 8.50. The lowest BCUT2D eigenvalue weighted by atomic mass is 9.83.